The summed E-state index contributed by atoms with van der Waals surface area (Å²) in [4.78, 5) is 2.58. The molecule has 0 aromatic heterocycles. The number of nitrogens with zero attached hydrogens (tertiary/aromatic N) is 1. The monoisotopic (exact) mass is 447 g/mol. The van der Waals surface area contributed by atoms with Gasteiger partial charge in [-0.3, -0.25) is 0 Å². The predicted molar refractivity (Wildman–Crippen MR) is 111 cm³/mol. The fraction of sp³-hybridized carbons (Fsp3) is 1.00. The molecule has 0 atom stereocenters. The van der Waals surface area contributed by atoms with Gasteiger partial charge in [-0.25, -0.2) is 0 Å². The fourth-order valence-electron chi connectivity index (χ4n) is 4.43. The first kappa shape index (κ1) is 22.8. The summed E-state index contributed by atoms with van der Waals surface area (Å²) >= 11 is -2.03. The zero-order chi connectivity index (χ0) is 17.7. The van der Waals surface area contributed by atoms with Gasteiger partial charge in [0.2, 0.25) is 0 Å². The molecule has 2 nitrogen and oxygen atoms in total. The zero-order valence-electron chi connectivity index (χ0n) is 17.2. The Morgan fingerprint density at radius 1 is 0.875 bits per heavy atom. The molecular formula is C21H45NOSn. The third kappa shape index (κ3) is 8.89. The summed E-state index contributed by atoms with van der Waals surface area (Å²) in [6.07, 6.45) is 14.1. The van der Waals surface area contributed by atoms with Gasteiger partial charge in [-0.05, 0) is 0 Å². The third-order valence-corrected chi connectivity index (χ3v) is 21.0. The van der Waals surface area contributed by atoms with Crippen molar-refractivity contribution in [1.82, 2.24) is 4.90 Å². The van der Waals surface area contributed by atoms with Gasteiger partial charge in [0, 0.05) is 0 Å². The number of hydrogen-bond donors (Lipinski definition) is 0. The van der Waals surface area contributed by atoms with Crippen LogP contribution >= 0.6 is 0 Å². The van der Waals surface area contributed by atoms with Gasteiger partial charge >= 0.3 is 157 Å². The van der Waals surface area contributed by atoms with E-state index in [1.807, 2.05) is 0 Å². The first-order valence-electron chi connectivity index (χ1n) is 11.0. The first-order chi connectivity index (χ1) is 11.7. The van der Waals surface area contributed by atoms with Crippen LogP contribution in [0.4, 0.5) is 0 Å². The molecule has 0 saturated heterocycles. The summed E-state index contributed by atoms with van der Waals surface area (Å²) < 4.78 is 12.2. The van der Waals surface area contributed by atoms with Gasteiger partial charge in [-0.15, -0.1) is 0 Å². The second kappa shape index (κ2) is 13.9. The van der Waals surface area contributed by atoms with Gasteiger partial charge < -0.3 is 0 Å². The standard InChI is InChI=1S/C10H20NO.2C4H9.C3H7.Sn/c1-11(8-9-12-2)10-6-4-3-5-7-10;2*1-3-4-2;1-3-2;/h10H,2-9H2,1H3;2*1,3-4H2,2H3;1,3H2,2H3;. The molecule has 3 heteroatoms. The molecule has 1 rings (SSSR count). The molecule has 1 saturated carbocycles. The van der Waals surface area contributed by atoms with Crippen molar-refractivity contribution in [2.75, 3.05) is 24.8 Å². The topological polar surface area (TPSA) is 12.5 Å². The Labute approximate surface area is 157 Å². The molecular weight excluding hydrogens is 401 g/mol. The second-order valence-corrected chi connectivity index (χ2v) is 21.9. The number of hydrogen-bond acceptors (Lipinski definition) is 2. The van der Waals surface area contributed by atoms with Gasteiger partial charge in [-0.1, -0.05) is 0 Å². The van der Waals surface area contributed by atoms with Crippen molar-refractivity contribution in [3.63, 3.8) is 0 Å². The van der Waals surface area contributed by atoms with Crippen molar-refractivity contribution in [2.45, 2.75) is 104 Å². The van der Waals surface area contributed by atoms with Gasteiger partial charge in [0.1, 0.15) is 0 Å². The summed E-state index contributed by atoms with van der Waals surface area (Å²) in [5, 5.41) is 0. The molecule has 0 aromatic rings. The molecule has 0 unspecified atom stereocenters. The van der Waals surface area contributed by atoms with E-state index in [9.17, 15) is 0 Å². The van der Waals surface area contributed by atoms with Crippen molar-refractivity contribution >= 4 is 18.4 Å². The Morgan fingerprint density at radius 2 is 1.50 bits per heavy atom. The summed E-state index contributed by atoms with van der Waals surface area (Å²) in [5.74, 6) is 0. The van der Waals surface area contributed by atoms with Crippen molar-refractivity contribution in [2.24, 2.45) is 0 Å². The molecule has 0 aliphatic heterocycles. The fourth-order valence-corrected chi connectivity index (χ4v) is 18.8. The average molecular weight is 446 g/mol. The van der Waals surface area contributed by atoms with Crippen LogP contribution in [-0.2, 0) is 4.74 Å². The quantitative estimate of drug-likeness (QED) is 0.231. The van der Waals surface area contributed by atoms with E-state index in [0.29, 0.717) is 0 Å². The molecule has 1 fully saturated rings. The number of unbranched alkanes of at least 4 members (excludes halogenated alkanes) is 2. The van der Waals surface area contributed by atoms with Gasteiger partial charge in [0.25, 0.3) is 0 Å². The molecule has 0 heterocycles. The minimum atomic E-state index is -2.03. The molecule has 0 bridgehead atoms. The summed E-state index contributed by atoms with van der Waals surface area (Å²) in [5.41, 5.74) is 0. The van der Waals surface area contributed by atoms with Crippen LogP contribution in [0.5, 0.6) is 0 Å². The van der Waals surface area contributed by atoms with E-state index in [4.69, 9.17) is 4.74 Å². The van der Waals surface area contributed by atoms with Gasteiger partial charge in [0.05, 0.1) is 0 Å². The zero-order valence-corrected chi connectivity index (χ0v) is 20.1. The molecule has 0 spiro atoms. The van der Waals surface area contributed by atoms with Crippen LogP contribution in [0.2, 0.25) is 13.3 Å². The molecule has 144 valence electrons. The van der Waals surface area contributed by atoms with Crippen LogP contribution in [0.3, 0.4) is 0 Å². The van der Waals surface area contributed by atoms with Crippen molar-refractivity contribution < 1.29 is 4.74 Å². The SMILES string of the molecule is CCC[CH2][Sn]([CH2]CC)([CH2]CCC)[CH2]OCCN(C)C1CCCCC1. The summed E-state index contributed by atoms with van der Waals surface area (Å²) in [6, 6.07) is 0.825. The first-order valence-corrected chi connectivity index (χ1v) is 19.0. The number of likely N-dealkylation sites (N-methyl/N-ethyl adjacent to an activating group) is 1. The maximum absolute atomic E-state index is 6.36. The van der Waals surface area contributed by atoms with E-state index in [-0.39, 0.29) is 0 Å². The van der Waals surface area contributed by atoms with Crippen LogP contribution in [0.15, 0.2) is 0 Å². The van der Waals surface area contributed by atoms with Crippen molar-refractivity contribution in [3.05, 3.63) is 0 Å². The molecule has 0 aromatic carbocycles. The van der Waals surface area contributed by atoms with Gasteiger partial charge in [-0.2, -0.15) is 0 Å². The van der Waals surface area contributed by atoms with Crippen LogP contribution in [0, 0.1) is 0 Å². The van der Waals surface area contributed by atoms with Crippen molar-refractivity contribution in [1.29, 1.82) is 0 Å². The van der Waals surface area contributed by atoms with Crippen LogP contribution in [0.25, 0.3) is 0 Å². The van der Waals surface area contributed by atoms with E-state index in [1.165, 1.54) is 68.8 Å². The molecule has 1 aliphatic carbocycles. The maximum atomic E-state index is 6.36. The van der Waals surface area contributed by atoms with E-state index >= 15 is 0 Å². The van der Waals surface area contributed by atoms with E-state index in [2.05, 4.69) is 32.7 Å². The Hall–Kier alpha value is 0.719. The Morgan fingerprint density at radius 3 is 2.04 bits per heavy atom. The molecule has 24 heavy (non-hydrogen) atoms. The molecule has 0 amide bonds. The van der Waals surface area contributed by atoms with Crippen molar-refractivity contribution in [3.8, 4) is 0 Å². The number of ether oxygens (including phenoxy) is 1. The van der Waals surface area contributed by atoms with Crippen LogP contribution in [-0.4, -0.2) is 54.1 Å². The van der Waals surface area contributed by atoms with E-state index < -0.39 is 18.4 Å². The second-order valence-electron chi connectivity index (χ2n) is 8.28. The normalized spacial score (nSPS) is 16.9. The molecule has 1 aliphatic rings. The average Bonchev–Trinajstić information content (AvgIpc) is 2.62. The number of rotatable bonds is 14. The van der Waals surface area contributed by atoms with Crippen LogP contribution < -0.4 is 0 Å². The van der Waals surface area contributed by atoms with Gasteiger partial charge in [0.15, 0.2) is 0 Å². The predicted octanol–water partition coefficient (Wildman–Crippen LogP) is 6.27. The summed E-state index contributed by atoms with van der Waals surface area (Å²) in [7, 11) is 2.32. The van der Waals surface area contributed by atoms with E-state index in [1.54, 1.807) is 13.3 Å². The summed E-state index contributed by atoms with van der Waals surface area (Å²) in [6.45, 7) is 9.19. The Balaban J connectivity index is 2.38. The van der Waals surface area contributed by atoms with Crippen LogP contribution in [0.1, 0.15) is 85.0 Å². The molecule has 0 N–H and O–H groups in total. The third-order valence-electron chi connectivity index (χ3n) is 6.10. The van der Waals surface area contributed by atoms with E-state index in [0.717, 1.165) is 19.2 Å². The minimum absolute atomic E-state index is 0.825. The molecule has 0 radical (unpaired) electrons. The Kier molecular flexibility index (Phi) is 13.1. The Bertz CT molecular complexity index is 284.